The molecule has 1 unspecified atom stereocenters. The predicted molar refractivity (Wildman–Crippen MR) is 59.8 cm³/mol. The first kappa shape index (κ1) is 11.1. The number of hydrogen-bond acceptors (Lipinski definition) is 3. The molecule has 1 aliphatic carbocycles. The highest BCUT2D eigenvalue weighted by Crippen LogP contribution is 2.22. The largest absolute Gasteiger partial charge is 0.356 e. The van der Waals surface area contributed by atoms with Crippen molar-refractivity contribution < 1.29 is 4.79 Å². The zero-order chi connectivity index (χ0) is 11.4. The van der Waals surface area contributed by atoms with Crippen LogP contribution in [0.2, 0.25) is 0 Å². The fraction of sp³-hybridized carbons (Fsp3) is 0.727. The Morgan fingerprint density at radius 1 is 1.50 bits per heavy atom. The minimum Gasteiger partial charge on any atom is -0.356 e. The number of aromatic amines is 1. The molecule has 0 bridgehead atoms. The zero-order valence-corrected chi connectivity index (χ0v) is 9.62. The van der Waals surface area contributed by atoms with Gasteiger partial charge in [0.05, 0.1) is 11.4 Å². The Kier molecular flexibility index (Phi) is 3.54. The third kappa shape index (κ3) is 2.40. The average Bonchev–Trinajstić information content (AvgIpc) is 2.76. The molecule has 0 saturated heterocycles. The molecule has 0 radical (unpaired) electrons. The van der Waals surface area contributed by atoms with Crippen LogP contribution in [0.4, 0.5) is 0 Å². The van der Waals surface area contributed by atoms with Crippen molar-refractivity contribution in [2.45, 2.75) is 39.0 Å². The van der Waals surface area contributed by atoms with Gasteiger partial charge in [-0.25, -0.2) is 0 Å². The van der Waals surface area contributed by atoms with Gasteiger partial charge in [0.15, 0.2) is 0 Å². The lowest BCUT2D eigenvalue weighted by Crippen LogP contribution is -2.34. The zero-order valence-electron chi connectivity index (χ0n) is 9.62. The maximum atomic E-state index is 11.8. The van der Waals surface area contributed by atoms with E-state index in [9.17, 15) is 4.79 Å². The topological polar surface area (TPSA) is 70.7 Å². The van der Waals surface area contributed by atoms with Gasteiger partial charge in [-0.2, -0.15) is 15.4 Å². The number of nitrogens with zero attached hydrogens (tertiary/aromatic N) is 2. The van der Waals surface area contributed by atoms with E-state index >= 15 is 0 Å². The Morgan fingerprint density at radius 3 is 3.12 bits per heavy atom. The summed E-state index contributed by atoms with van der Waals surface area (Å²) in [7, 11) is 0. The Morgan fingerprint density at radius 2 is 2.31 bits per heavy atom. The van der Waals surface area contributed by atoms with Gasteiger partial charge in [-0.1, -0.05) is 13.3 Å². The fourth-order valence-corrected chi connectivity index (χ4v) is 2.04. The van der Waals surface area contributed by atoms with Gasteiger partial charge >= 0.3 is 0 Å². The number of amides is 1. The van der Waals surface area contributed by atoms with E-state index in [1.165, 1.54) is 0 Å². The molecule has 0 saturated carbocycles. The highest BCUT2D eigenvalue weighted by Gasteiger charge is 2.26. The van der Waals surface area contributed by atoms with Crippen molar-refractivity contribution in [1.82, 2.24) is 20.7 Å². The van der Waals surface area contributed by atoms with Crippen LogP contribution in [0.15, 0.2) is 0 Å². The second kappa shape index (κ2) is 5.09. The summed E-state index contributed by atoms with van der Waals surface area (Å²) in [6.07, 6.45) is 4.63. The predicted octanol–water partition coefficient (Wildman–Crippen LogP) is 0.826. The molecule has 1 aliphatic rings. The summed E-state index contributed by atoms with van der Waals surface area (Å²) < 4.78 is 0. The smallest absolute Gasteiger partial charge is 0.223 e. The van der Waals surface area contributed by atoms with E-state index in [2.05, 4.69) is 27.7 Å². The Labute approximate surface area is 95.0 Å². The van der Waals surface area contributed by atoms with Gasteiger partial charge in [0.25, 0.3) is 0 Å². The number of hydrogen-bond donors (Lipinski definition) is 2. The molecule has 2 rings (SSSR count). The van der Waals surface area contributed by atoms with Crippen molar-refractivity contribution in [3.63, 3.8) is 0 Å². The third-order valence-electron chi connectivity index (χ3n) is 3.07. The molecule has 5 heteroatoms. The molecule has 5 nitrogen and oxygen atoms in total. The molecule has 2 N–H and O–H groups in total. The Bertz CT molecular complexity index is 361. The number of H-pyrrole nitrogens is 1. The third-order valence-corrected chi connectivity index (χ3v) is 3.07. The highest BCUT2D eigenvalue weighted by molar-refractivity contribution is 5.79. The maximum absolute atomic E-state index is 11.8. The lowest BCUT2D eigenvalue weighted by Gasteiger charge is -2.19. The van der Waals surface area contributed by atoms with Gasteiger partial charge in [0, 0.05) is 18.9 Å². The molecule has 0 aliphatic heterocycles. The summed E-state index contributed by atoms with van der Waals surface area (Å²) in [5.74, 6) is 0.247. The van der Waals surface area contributed by atoms with E-state index in [-0.39, 0.29) is 11.8 Å². The number of unbranched alkanes of at least 4 members (excludes halogenated alkanes) is 1. The van der Waals surface area contributed by atoms with Gasteiger partial charge in [-0.05, 0) is 19.3 Å². The molecule has 1 atom stereocenters. The Hall–Kier alpha value is -1.39. The summed E-state index contributed by atoms with van der Waals surface area (Å²) in [5, 5.41) is 13.7. The monoisotopic (exact) mass is 222 g/mol. The normalized spacial score (nSPS) is 19.2. The van der Waals surface area contributed by atoms with E-state index in [1.807, 2.05) is 0 Å². The standard InChI is InChI=1S/C11H18N4O/c1-2-3-6-12-11(16)8-4-5-9-10(7-8)14-15-13-9/h8H,2-7H2,1H3,(H,12,16)(H,13,14,15). The highest BCUT2D eigenvalue weighted by atomic mass is 16.1. The summed E-state index contributed by atoms with van der Waals surface area (Å²) in [4.78, 5) is 11.8. The van der Waals surface area contributed by atoms with Gasteiger partial charge in [0.1, 0.15) is 0 Å². The van der Waals surface area contributed by atoms with Crippen LogP contribution in [0.3, 0.4) is 0 Å². The van der Waals surface area contributed by atoms with Crippen LogP contribution in [0.5, 0.6) is 0 Å². The minimum absolute atomic E-state index is 0.0782. The van der Waals surface area contributed by atoms with Crippen LogP contribution in [-0.2, 0) is 17.6 Å². The van der Waals surface area contributed by atoms with Crippen molar-refractivity contribution in [3.8, 4) is 0 Å². The molecule has 0 spiro atoms. The van der Waals surface area contributed by atoms with E-state index in [0.29, 0.717) is 0 Å². The quantitative estimate of drug-likeness (QED) is 0.741. The van der Waals surface area contributed by atoms with Crippen molar-refractivity contribution in [3.05, 3.63) is 11.4 Å². The van der Waals surface area contributed by atoms with Crippen LogP contribution < -0.4 is 5.32 Å². The van der Waals surface area contributed by atoms with Crippen LogP contribution in [-0.4, -0.2) is 27.9 Å². The number of carbonyl (C=O) groups is 1. The summed E-state index contributed by atoms with van der Waals surface area (Å²) in [6.45, 7) is 2.91. The van der Waals surface area contributed by atoms with E-state index in [0.717, 1.165) is 50.0 Å². The molecule has 16 heavy (non-hydrogen) atoms. The first-order valence-corrected chi connectivity index (χ1v) is 5.97. The molecule has 1 aromatic heterocycles. The lowest BCUT2D eigenvalue weighted by atomic mass is 9.89. The second-order valence-corrected chi connectivity index (χ2v) is 4.30. The van der Waals surface area contributed by atoms with Crippen LogP contribution in [0.1, 0.15) is 37.6 Å². The van der Waals surface area contributed by atoms with Gasteiger partial charge in [0.2, 0.25) is 5.91 Å². The molecule has 0 fully saturated rings. The van der Waals surface area contributed by atoms with Gasteiger partial charge in [-0.3, -0.25) is 4.79 Å². The van der Waals surface area contributed by atoms with Crippen LogP contribution >= 0.6 is 0 Å². The van der Waals surface area contributed by atoms with E-state index < -0.39 is 0 Å². The molecule has 1 amide bonds. The number of fused-ring (bicyclic) bond motifs is 1. The first-order valence-electron chi connectivity index (χ1n) is 5.97. The Balaban J connectivity index is 1.86. The SMILES string of the molecule is CCCCNC(=O)C1CCc2n[nH]nc2C1. The van der Waals surface area contributed by atoms with Crippen LogP contribution in [0.25, 0.3) is 0 Å². The first-order chi connectivity index (χ1) is 7.81. The summed E-state index contributed by atoms with van der Waals surface area (Å²) in [6, 6.07) is 0. The molecule has 1 aromatic rings. The molecule has 1 heterocycles. The van der Waals surface area contributed by atoms with Crippen LogP contribution in [0, 0.1) is 5.92 Å². The van der Waals surface area contributed by atoms with E-state index in [1.54, 1.807) is 0 Å². The number of aryl methyl sites for hydroxylation is 1. The van der Waals surface area contributed by atoms with Gasteiger partial charge < -0.3 is 5.32 Å². The number of nitrogens with one attached hydrogen (secondary N) is 2. The molecule has 0 aromatic carbocycles. The van der Waals surface area contributed by atoms with Crippen molar-refractivity contribution in [2.75, 3.05) is 6.54 Å². The molecule has 88 valence electrons. The van der Waals surface area contributed by atoms with Crippen molar-refractivity contribution in [1.29, 1.82) is 0 Å². The summed E-state index contributed by atoms with van der Waals surface area (Å²) in [5.41, 5.74) is 1.99. The molecular weight excluding hydrogens is 204 g/mol. The summed E-state index contributed by atoms with van der Waals surface area (Å²) >= 11 is 0. The fourth-order valence-electron chi connectivity index (χ4n) is 2.04. The molecular formula is C11H18N4O. The number of rotatable bonds is 4. The number of carbonyl (C=O) groups excluding carboxylic acids is 1. The minimum atomic E-state index is 0.0782. The van der Waals surface area contributed by atoms with Crippen molar-refractivity contribution >= 4 is 5.91 Å². The maximum Gasteiger partial charge on any atom is 0.223 e. The lowest BCUT2D eigenvalue weighted by molar-refractivity contribution is -0.125. The van der Waals surface area contributed by atoms with E-state index in [4.69, 9.17) is 0 Å². The van der Waals surface area contributed by atoms with Crippen molar-refractivity contribution in [2.24, 2.45) is 5.92 Å². The van der Waals surface area contributed by atoms with Gasteiger partial charge in [-0.15, -0.1) is 0 Å². The average molecular weight is 222 g/mol. The second-order valence-electron chi connectivity index (χ2n) is 4.30. The number of aromatic nitrogens is 3.